The van der Waals surface area contributed by atoms with E-state index in [-0.39, 0.29) is 6.04 Å². The lowest BCUT2D eigenvalue weighted by Crippen LogP contribution is -2.56. The van der Waals surface area contributed by atoms with E-state index in [9.17, 15) is 4.39 Å². The third-order valence-corrected chi connectivity index (χ3v) is 3.81. The van der Waals surface area contributed by atoms with E-state index in [0.29, 0.717) is 13.0 Å². The first-order valence-corrected chi connectivity index (χ1v) is 5.89. The molecule has 82 valence electrons. The second kappa shape index (κ2) is 4.15. The van der Waals surface area contributed by atoms with Gasteiger partial charge in [0.05, 0.1) is 0 Å². The second-order valence-electron chi connectivity index (χ2n) is 4.72. The topological polar surface area (TPSA) is 29.3 Å². The predicted molar refractivity (Wildman–Crippen MR) is 56.0 cm³/mol. The fourth-order valence-corrected chi connectivity index (χ4v) is 3.12. The van der Waals surface area contributed by atoms with Crippen LogP contribution in [0.5, 0.6) is 0 Å². The fourth-order valence-electron chi connectivity index (χ4n) is 3.12. The molecule has 2 N–H and O–H groups in total. The van der Waals surface area contributed by atoms with E-state index < -0.39 is 5.67 Å². The van der Waals surface area contributed by atoms with Crippen LogP contribution in [0.4, 0.5) is 4.39 Å². The van der Waals surface area contributed by atoms with E-state index in [0.717, 1.165) is 32.4 Å². The summed E-state index contributed by atoms with van der Waals surface area (Å²) in [5.74, 6) is 0. The number of halogens is 1. The van der Waals surface area contributed by atoms with Crippen LogP contribution in [0, 0.1) is 0 Å². The summed E-state index contributed by atoms with van der Waals surface area (Å²) in [5, 5.41) is 0. The summed E-state index contributed by atoms with van der Waals surface area (Å²) in [6.45, 7) is 2.68. The van der Waals surface area contributed by atoms with Crippen LogP contribution in [0.2, 0.25) is 0 Å². The van der Waals surface area contributed by atoms with Crippen LogP contribution < -0.4 is 5.73 Å². The summed E-state index contributed by atoms with van der Waals surface area (Å²) < 4.78 is 14.6. The zero-order valence-corrected chi connectivity index (χ0v) is 8.84. The van der Waals surface area contributed by atoms with Crippen molar-refractivity contribution in [3.8, 4) is 0 Å². The largest absolute Gasteiger partial charge is 0.330 e. The molecule has 0 saturated carbocycles. The third kappa shape index (κ3) is 1.80. The molecular weight excluding hydrogens is 179 g/mol. The highest BCUT2D eigenvalue weighted by molar-refractivity contribution is 4.98. The maximum absolute atomic E-state index is 14.6. The van der Waals surface area contributed by atoms with Gasteiger partial charge >= 0.3 is 0 Å². The highest BCUT2D eigenvalue weighted by atomic mass is 19.1. The van der Waals surface area contributed by atoms with Crippen molar-refractivity contribution in [1.82, 2.24) is 4.90 Å². The van der Waals surface area contributed by atoms with E-state index in [1.165, 1.54) is 12.8 Å². The molecule has 0 amide bonds. The van der Waals surface area contributed by atoms with Gasteiger partial charge in [0, 0.05) is 6.04 Å². The molecule has 2 atom stereocenters. The zero-order chi connectivity index (χ0) is 10.0. The maximum Gasteiger partial charge on any atom is 0.127 e. The Bertz CT molecular complexity index is 192. The van der Waals surface area contributed by atoms with E-state index in [4.69, 9.17) is 5.73 Å². The standard InChI is InChI=1S/C11H21FN2/c12-11(6-7-13)5-3-9-14-8-2-1-4-10(11)14/h10H,1-9,13H2. The number of hydrogen-bond donors (Lipinski definition) is 1. The van der Waals surface area contributed by atoms with E-state index in [1.807, 2.05) is 0 Å². The average Bonchev–Trinajstić information content (AvgIpc) is 2.19. The molecule has 0 spiro atoms. The molecule has 0 aromatic carbocycles. The smallest absolute Gasteiger partial charge is 0.127 e. The number of nitrogens with zero attached hydrogens (tertiary/aromatic N) is 1. The SMILES string of the molecule is NCCC1(F)CCCN2CCCCC21. The summed E-state index contributed by atoms with van der Waals surface area (Å²) >= 11 is 0. The molecule has 14 heavy (non-hydrogen) atoms. The number of hydrogen-bond acceptors (Lipinski definition) is 2. The molecule has 2 aliphatic heterocycles. The van der Waals surface area contributed by atoms with Crippen molar-refractivity contribution in [2.45, 2.75) is 50.2 Å². The average molecular weight is 200 g/mol. The minimum atomic E-state index is -0.979. The third-order valence-electron chi connectivity index (χ3n) is 3.81. The number of fused-ring (bicyclic) bond motifs is 1. The highest BCUT2D eigenvalue weighted by Crippen LogP contribution is 2.38. The van der Waals surface area contributed by atoms with E-state index >= 15 is 0 Å². The van der Waals surface area contributed by atoms with Crippen LogP contribution in [-0.2, 0) is 0 Å². The molecule has 0 aromatic heterocycles. The first kappa shape index (κ1) is 10.4. The lowest BCUT2D eigenvalue weighted by atomic mass is 9.79. The monoisotopic (exact) mass is 200 g/mol. The van der Waals surface area contributed by atoms with Gasteiger partial charge in [-0.25, -0.2) is 4.39 Å². The van der Waals surface area contributed by atoms with Crippen LogP contribution in [0.15, 0.2) is 0 Å². The molecule has 2 heterocycles. The van der Waals surface area contributed by atoms with Crippen molar-refractivity contribution in [2.75, 3.05) is 19.6 Å². The summed E-state index contributed by atoms with van der Waals surface area (Å²) in [5.41, 5.74) is 4.53. The van der Waals surface area contributed by atoms with Gasteiger partial charge in [-0.05, 0) is 51.7 Å². The summed E-state index contributed by atoms with van der Waals surface area (Å²) in [6, 6.07) is 0.175. The van der Waals surface area contributed by atoms with Crippen LogP contribution in [0.1, 0.15) is 38.5 Å². The van der Waals surface area contributed by atoms with Crippen molar-refractivity contribution < 1.29 is 4.39 Å². The Kier molecular flexibility index (Phi) is 3.07. The Labute approximate surface area is 85.6 Å². The van der Waals surface area contributed by atoms with Crippen molar-refractivity contribution in [2.24, 2.45) is 5.73 Å². The Morgan fingerprint density at radius 2 is 2.07 bits per heavy atom. The van der Waals surface area contributed by atoms with E-state index in [1.54, 1.807) is 0 Å². The van der Waals surface area contributed by atoms with Gasteiger partial charge in [0.25, 0.3) is 0 Å². The van der Waals surface area contributed by atoms with Crippen molar-refractivity contribution >= 4 is 0 Å². The van der Waals surface area contributed by atoms with Crippen LogP contribution >= 0.6 is 0 Å². The number of alkyl halides is 1. The Morgan fingerprint density at radius 3 is 2.86 bits per heavy atom. The Hall–Kier alpha value is -0.150. The molecule has 2 nitrogen and oxygen atoms in total. The molecule has 0 aliphatic carbocycles. The highest BCUT2D eigenvalue weighted by Gasteiger charge is 2.44. The van der Waals surface area contributed by atoms with Crippen molar-refractivity contribution in [1.29, 1.82) is 0 Å². The summed E-state index contributed by atoms with van der Waals surface area (Å²) in [6.07, 6.45) is 5.76. The Balaban J connectivity index is 2.07. The van der Waals surface area contributed by atoms with Crippen LogP contribution in [-0.4, -0.2) is 36.2 Å². The van der Waals surface area contributed by atoms with Gasteiger partial charge in [0.2, 0.25) is 0 Å². The van der Waals surface area contributed by atoms with Gasteiger partial charge in [-0.15, -0.1) is 0 Å². The lowest BCUT2D eigenvalue weighted by molar-refractivity contribution is -0.0403. The maximum atomic E-state index is 14.6. The van der Waals surface area contributed by atoms with Gasteiger partial charge in [0.15, 0.2) is 0 Å². The second-order valence-corrected chi connectivity index (χ2v) is 4.72. The predicted octanol–water partition coefficient (Wildman–Crippen LogP) is 1.69. The normalized spacial score (nSPS) is 39.4. The molecule has 2 rings (SSSR count). The minimum absolute atomic E-state index is 0.175. The first-order valence-electron chi connectivity index (χ1n) is 5.89. The van der Waals surface area contributed by atoms with Gasteiger partial charge in [-0.3, -0.25) is 4.90 Å². The molecule has 0 radical (unpaired) electrons. The van der Waals surface area contributed by atoms with Gasteiger partial charge in [0.1, 0.15) is 5.67 Å². The van der Waals surface area contributed by atoms with Crippen LogP contribution in [0.3, 0.4) is 0 Å². The molecule has 2 saturated heterocycles. The Morgan fingerprint density at radius 1 is 1.29 bits per heavy atom. The molecule has 0 aromatic rings. The number of piperidine rings is 2. The molecule has 3 heteroatoms. The van der Waals surface area contributed by atoms with Crippen molar-refractivity contribution in [3.63, 3.8) is 0 Å². The quantitative estimate of drug-likeness (QED) is 0.735. The number of nitrogens with two attached hydrogens (primary N) is 1. The van der Waals surface area contributed by atoms with Gasteiger partial charge in [-0.1, -0.05) is 6.42 Å². The molecule has 2 fully saturated rings. The molecule has 0 bridgehead atoms. The fraction of sp³-hybridized carbons (Fsp3) is 1.00. The van der Waals surface area contributed by atoms with Gasteiger partial charge in [-0.2, -0.15) is 0 Å². The molecule has 2 unspecified atom stereocenters. The van der Waals surface area contributed by atoms with Crippen LogP contribution in [0.25, 0.3) is 0 Å². The first-order chi connectivity index (χ1) is 6.76. The summed E-state index contributed by atoms with van der Waals surface area (Å²) in [7, 11) is 0. The molecular formula is C11H21FN2. The zero-order valence-electron chi connectivity index (χ0n) is 8.84. The lowest BCUT2D eigenvalue weighted by Gasteiger charge is -2.48. The van der Waals surface area contributed by atoms with Gasteiger partial charge < -0.3 is 5.73 Å². The molecule has 2 aliphatic rings. The van der Waals surface area contributed by atoms with E-state index in [2.05, 4.69) is 4.90 Å². The minimum Gasteiger partial charge on any atom is -0.330 e. The number of rotatable bonds is 2. The van der Waals surface area contributed by atoms with Crippen molar-refractivity contribution in [3.05, 3.63) is 0 Å². The summed E-state index contributed by atoms with van der Waals surface area (Å²) in [4.78, 5) is 2.35.